The zero-order valence-corrected chi connectivity index (χ0v) is 7.16. The van der Waals surface area contributed by atoms with E-state index in [9.17, 15) is 8.78 Å². The van der Waals surface area contributed by atoms with Gasteiger partial charge in [0.15, 0.2) is 0 Å². The van der Waals surface area contributed by atoms with Gasteiger partial charge in [-0.1, -0.05) is 5.92 Å². The van der Waals surface area contributed by atoms with Crippen LogP contribution in [-0.2, 0) is 0 Å². The van der Waals surface area contributed by atoms with Crippen LogP contribution in [0.15, 0.2) is 0 Å². The fourth-order valence-electron chi connectivity index (χ4n) is 1.51. The number of nitrogens with one attached hydrogen (secondary N) is 1. The Labute approximate surface area is 71.5 Å². The summed E-state index contributed by atoms with van der Waals surface area (Å²) < 4.78 is 25.4. The maximum absolute atomic E-state index is 12.7. The molecule has 12 heavy (non-hydrogen) atoms. The minimum atomic E-state index is -2.50. The van der Waals surface area contributed by atoms with Crippen molar-refractivity contribution < 1.29 is 8.78 Å². The average Bonchev–Trinajstić information content (AvgIpc) is 2.06. The van der Waals surface area contributed by atoms with Gasteiger partial charge in [-0.05, 0) is 19.9 Å². The van der Waals surface area contributed by atoms with Crippen molar-refractivity contribution in [1.82, 2.24) is 5.32 Å². The van der Waals surface area contributed by atoms with E-state index in [1.54, 1.807) is 7.05 Å². The van der Waals surface area contributed by atoms with E-state index in [0.717, 1.165) is 0 Å². The topological polar surface area (TPSA) is 12.0 Å². The van der Waals surface area contributed by atoms with Gasteiger partial charge < -0.3 is 5.32 Å². The molecule has 1 saturated carbocycles. The highest BCUT2D eigenvalue weighted by molar-refractivity contribution is 5.14. The quantitative estimate of drug-likeness (QED) is 0.596. The summed E-state index contributed by atoms with van der Waals surface area (Å²) in [6.07, 6.45) is 5.82. The minimum absolute atomic E-state index is 0.0992. The standard InChI is InChI=1S/C9H13F2N/c1-3-8(12-2)4-6-9(10,11)7-5-8/h1,12H,4-7H2,2H3. The van der Waals surface area contributed by atoms with Gasteiger partial charge >= 0.3 is 0 Å². The molecule has 0 aromatic rings. The second-order valence-electron chi connectivity index (χ2n) is 3.33. The first-order valence-corrected chi connectivity index (χ1v) is 4.08. The van der Waals surface area contributed by atoms with Crippen LogP contribution in [0.3, 0.4) is 0 Å². The third-order valence-corrected chi connectivity index (χ3v) is 2.59. The lowest BCUT2D eigenvalue weighted by Crippen LogP contribution is -2.47. The van der Waals surface area contributed by atoms with Gasteiger partial charge in [-0.2, -0.15) is 0 Å². The first kappa shape index (κ1) is 9.47. The van der Waals surface area contributed by atoms with Gasteiger partial charge in [-0.15, -0.1) is 6.42 Å². The zero-order valence-electron chi connectivity index (χ0n) is 7.16. The molecule has 0 amide bonds. The molecule has 0 aliphatic heterocycles. The van der Waals surface area contributed by atoms with Crippen LogP contribution in [0.25, 0.3) is 0 Å². The van der Waals surface area contributed by atoms with Gasteiger partial charge in [0.25, 0.3) is 0 Å². The van der Waals surface area contributed by atoms with Gasteiger partial charge in [-0.25, -0.2) is 8.78 Å². The largest absolute Gasteiger partial charge is 0.304 e. The predicted molar refractivity (Wildman–Crippen MR) is 44.0 cm³/mol. The highest BCUT2D eigenvalue weighted by Gasteiger charge is 2.41. The monoisotopic (exact) mass is 173 g/mol. The number of hydrogen-bond acceptors (Lipinski definition) is 1. The molecule has 0 bridgehead atoms. The molecule has 1 nitrogen and oxygen atoms in total. The van der Waals surface area contributed by atoms with Crippen LogP contribution in [-0.4, -0.2) is 18.5 Å². The summed E-state index contributed by atoms with van der Waals surface area (Å²) >= 11 is 0. The van der Waals surface area contributed by atoms with E-state index in [1.165, 1.54) is 0 Å². The van der Waals surface area contributed by atoms with Crippen molar-refractivity contribution >= 4 is 0 Å². The fourth-order valence-corrected chi connectivity index (χ4v) is 1.51. The van der Waals surface area contributed by atoms with Gasteiger partial charge in [0.1, 0.15) is 0 Å². The van der Waals surface area contributed by atoms with Gasteiger partial charge in [-0.3, -0.25) is 0 Å². The van der Waals surface area contributed by atoms with Crippen molar-refractivity contribution in [3.05, 3.63) is 0 Å². The lowest BCUT2D eigenvalue weighted by molar-refractivity contribution is -0.0472. The molecule has 3 heteroatoms. The maximum atomic E-state index is 12.7. The van der Waals surface area contributed by atoms with Crippen LogP contribution in [0.1, 0.15) is 25.7 Å². The van der Waals surface area contributed by atoms with E-state index in [4.69, 9.17) is 6.42 Å². The highest BCUT2D eigenvalue weighted by atomic mass is 19.3. The Morgan fingerprint density at radius 1 is 1.25 bits per heavy atom. The van der Waals surface area contributed by atoms with Crippen LogP contribution >= 0.6 is 0 Å². The van der Waals surface area contributed by atoms with E-state index >= 15 is 0 Å². The predicted octanol–water partition coefficient (Wildman–Crippen LogP) is 1.79. The van der Waals surface area contributed by atoms with Crippen LogP contribution in [0.4, 0.5) is 8.78 Å². The van der Waals surface area contributed by atoms with Crippen LogP contribution in [0.5, 0.6) is 0 Å². The summed E-state index contributed by atoms with van der Waals surface area (Å²) in [5, 5.41) is 2.94. The number of rotatable bonds is 1. The Bertz CT molecular complexity index is 195. The molecule has 0 saturated heterocycles. The molecule has 1 aliphatic carbocycles. The summed E-state index contributed by atoms with van der Waals surface area (Å²) in [5.41, 5.74) is -0.484. The molecule has 0 aromatic carbocycles. The summed E-state index contributed by atoms with van der Waals surface area (Å²) in [4.78, 5) is 0. The Morgan fingerprint density at radius 2 is 1.75 bits per heavy atom. The van der Waals surface area contributed by atoms with E-state index in [-0.39, 0.29) is 12.8 Å². The molecule has 1 fully saturated rings. The molecule has 0 aromatic heterocycles. The van der Waals surface area contributed by atoms with Crippen molar-refractivity contribution in [3.63, 3.8) is 0 Å². The number of halogens is 2. The first-order valence-electron chi connectivity index (χ1n) is 4.08. The maximum Gasteiger partial charge on any atom is 0.248 e. The van der Waals surface area contributed by atoms with Crippen molar-refractivity contribution in [3.8, 4) is 12.3 Å². The molecular weight excluding hydrogens is 160 g/mol. The highest BCUT2D eigenvalue weighted by Crippen LogP contribution is 2.37. The van der Waals surface area contributed by atoms with Crippen molar-refractivity contribution in [1.29, 1.82) is 0 Å². The van der Waals surface area contributed by atoms with Crippen molar-refractivity contribution in [2.45, 2.75) is 37.1 Å². The average molecular weight is 173 g/mol. The Morgan fingerprint density at radius 3 is 2.08 bits per heavy atom. The minimum Gasteiger partial charge on any atom is -0.304 e. The lowest BCUT2D eigenvalue weighted by Gasteiger charge is -2.35. The Kier molecular flexibility index (Phi) is 2.39. The second kappa shape index (κ2) is 3.02. The smallest absolute Gasteiger partial charge is 0.248 e. The third kappa shape index (κ3) is 1.75. The molecule has 1 N–H and O–H groups in total. The van der Waals surface area contributed by atoms with Crippen LogP contribution in [0, 0.1) is 12.3 Å². The summed E-state index contributed by atoms with van der Waals surface area (Å²) in [5.74, 6) is 0.0576. The van der Waals surface area contributed by atoms with E-state index in [0.29, 0.717) is 12.8 Å². The van der Waals surface area contributed by atoms with Crippen molar-refractivity contribution in [2.24, 2.45) is 0 Å². The molecule has 0 unspecified atom stereocenters. The third-order valence-electron chi connectivity index (χ3n) is 2.59. The lowest BCUT2D eigenvalue weighted by atomic mass is 9.81. The van der Waals surface area contributed by atoms with Crippen molar-refractivity contribution in [2.75, 3.05) is 7.05 Å². The zero-order chi connectivity index (χ0) is 9.24. The van der Waals surface area contributed by atoms with Gasteiger partial charge in [0, 0.05) is 12.8 Å². The summed E-state index contributed by atoms with van der Waals surface area (Å²) in [6.45, 7) is 0. The summed E-state index contributed by atoms with van der Waals surface area (Å²) in [6, 6.07) is 0. The fraction of sp³-hybridized carbons (Fsp3) is 0.778. The summed E-state index contributed by atoms with van der Waals surface area (Å²) in [7, 11) is 1.73. The first-order chi connectivity index (χ1) is 5.54. The second-order valence-corrected chi connectivity index (χ2v) is 3.33. The normalized spacial score (nSPS) is 26.2. The van der Waals surface area contributed by atoms with Crippen LogP contribution < -0.4 is 5.32 Å². The number of terminal acetylenes is 1. The molecule has 0 heterocycles. The Hall–Kier alpha value is -0.620. The van der Waals surface area contributed by atoms with Crippen LogP contribution in [0.2, 0.25) is 0 Å². The van der Waals surface area contributed by atoms with Gasteiger partial charge in [0.2, 0.25) is 5.92 Å². The van der Waals surface area contributed by atoms with E-state index < -0.39 is 11.5 Å². The van der Waals surface area contributed by atoms with Gasteiger partial charge in [0.05, 0.1) is 5.54 Å². The molecule has 68 valence electrons. The SMILES string of the molecule is C#CC1(NC)CCC(F)(F)CC1. The molecular formula is C9H13F2N. The number of alkyl halides is 2. The molecule has 1 rings (SSSR count). The Balaban J connectivity index is 2.61. The molecule has 0 radical (unpaired) electrons. The molecule has 0 spiro atoms. The molecule has 0 atom stereocenters. The molecule has 1 aliphatic rings. The van der Waals surface area contributed by atoms with E-state index in [1.807, 2.05) is 0 Å². The van der Waals surface area contributed by atoms with E-state index in [2.05, 4.69) is 11.2 Å². The number of hydrogen-bond donors (Lipinski definition) is 1.